The Labute approximate surface area is 139 Å². The van der Waals surface area contributed by atoms with Gasteiger partial charge in [-0.2, -0.15) is 0 Å². The highest BCUT2D eigenvalue weighted by molar-refractivity contribution is 7.17. The molecule has 0 radical (unpaired) electrons. The smallest absolute Gasteiger partial charge is 0.263 e. The third-order valence-corrected chi connectivity index (χ3v) is 5.85. The molecule has 1 unspecified atom stereocenters. The molecule has 2 saturated heterocycles. The van der Waals surface area contributed by atoms with Gasteiger partial charge in [-0.05, 0) is 44.4 Å². The van der Waals surface area contributed by atoms with Gasteiger partial charge in [0.15, 0.2) is 0 Å². The summed E-state index contributed by atoms with van der Waals surface area (Å²) in [6.07, 6.45) is 3.69. The van der Waals surface area contributed by atoms with Gasteiger partial charge >= 0.3 is 0 Å². The number of amides is 2. The topological polar surface area (TPSA) is 66.6 Å². The summed E-state index contributed by atoms with van der Waals surface area (Å²) in [5.74, 6) is -0.160. The fraction of sp³-hybridized carbons (Fsp3) is 0.600. The molecule has 0 bridgehead atoms. The van der Waals surface area contributed by atoms with Gasteiger partial charge in [0.05, 0.1) is 15.3 Å². The largest absolute Gasteiger partial charge is 0.368 e. The van der Waals surface area contributed by atoms with Crippen LogP contribution in [0.3, 0.4) is 0 Å². The number of halogens is 1. The first-order valence-corrected chi connectivity index (χ1v) is 8.85. The average molecular weight is 342 g/mol. The van der Waals surface area contributed by atoms with Crippen molar-refractivity contribution in [3.63, 3.8) is 0 Å². The first kappa shape index (κ1) is 15.8. The number of nitrogens with zero attached hydrogens (tertiary/aromatic N) is 2. The van der Waals surface area contributed by atoms with Crippen molar-refractivity contribution in [2.75, 3.05) is 19.6 Å². The maximum atomic E-state index is 12.4. The van der Waals surface area contributed by atoms with Crippen LogP contribution < -0.4 is 5.73 Å². The molecular weight excluding hydrogens is 322 g/mol. The van der Waals surface area contributed by atoms with E-state index in [1.54, 1.807) is 12.1 Å². The predicted octanol–water partition coefficient (Wildman–Crippen LogP) is 1.96. The number of thiophene rings is 1. The number of hydrogen-bond donors (Lipinski definition) is 1. The van der Waals surface area contributed by atoms with Crippen LogP contribution in [0.5, 0.6) is 0 Å². The van der Waals surface area contributed by atoms with Crippen molar-refractivity contribution in [1.82, 2.24) is 9.80 Å². The molecule has 1 atom stereocenters. The Morgan fingerprint density at radius 3 is 2.50 bits per heavy atom. The van der Waals surface area contributed by atoms with Gasteiger partial charge < -0.3 is 10.6 Å². The molecular formula is C15H20ClN3O2S. The molecule has 3 rings (SSSR count). The summed E-state index contributed by atoms with van der Waals surface area (Å²) in [4.78, 5) is 28.7. The van der Waals surface area contributed by atoms with Gasteiger partial charge in [-0.3, -0.25) is 14.5 Å². The van der Waals surface area contributed by atoms with Crippen molar-refractivity contribution in [2.45, 2.75) is 37.8 Å². The lowest BCUT2D eigenvalue weighted by Crippen LogP contribution is -2.51. The highest BCUT2D eigenvalue weighted by atomic mass is 35.5. The minimum atomic E-state index is -0.218. The molecule has 2 amide bonds. The van der Waals surface area contributed by atoms with E-state index in [-0.39, 0.29) is 17.9 Å². The fourth-order valence-electron chi connectivity index (χ4n) is 3.52. The van der Waals surface area contributed by atoms with Crippen molar-refractivity contribution in [2.24, 2.45) is 5.73 Å². The summed E-state index contributed by atoms with van der Waals surface area (Å²) in [7, 11) is 0. The summed E-state index contributed by atoms with van der Waals surface area (Å²) in [6, 6.07) is 3.78. The molecule has 7 heteroatoms. The zero-order chi connectivity index (χ0) is 15.7. The van der Waals surface area contributed by atoms with Crippen LogP contribution in [0.1, 0.15) is 35.4 Å². The summed E-state index contributed by atoms with van der Waals surface area (Å²) >= 11 is 7.22. The SMILES string of the molecule is NC(=O)C1CCCN1C1CCN(C(=O)c2ccc(Cl)s2)CC1. The molecule has 22 heavy (non-hydrogen) atoms. The second kappa shape index (κ2) is 6.56. The number of likely N-dealkylation sites (tertiary alicyclic amines) is 2. The Balaban J connectivity index is 1.58. The van der Waals surface area contributed by atoms with E-state index in [1.807, 2.05) is 4.90 Å². The first-order valence-electron chi connectivity index (χ1n) is 7.66. The Morgan fingerprint density at radius 1 is 1.18 bits per heavy atom. The van der Waals surface area contributed by atoms with E-state index in [1.165, 1.54) is 11.3 Å². The molecule has 1 aromatic heterocycles. The highest BCUT2D eigenvalue weighted by Gasteiger charge is 2.36. The first-order chi connectivity index (χ1) is 10.6. The summed E-state index contributed by atoms with van der Waals surface area (Å²) in [6.45, 7) is 2.38. The van der Waals surface area contributed by atoms with Crippen molar-refractivity contribution < 1.29 is 9.59 Å². The quantitative estimate of drug-likeness (QED) is 0.913. The molecule has 2 aliphatic heterocycles. The number of hydrogen-bond acceptors (Lipinski definition) is 4. The third-order valence-electron chi connectivity index (χ3n) is 4.63. The maximum absolute atomic E-state index is 12.4. The minimum Gasteiger partial charge on any atom is -0.368 e. The van der Waals surface area contributed by atoms with Gasteiger partial charge in [0.2, 0.25) is 5.91 Å². The van der Waals surface area contributed by atoms with Crippen LogP contribution in [-0.4, -0.2) is 53.3 Å². The Bertz CT molecular complexity index is 569. The molecule has 0 aromatic carbocycles. The second-order valence-electron chi connectivity index (χ2n) is 5.93. The number of piperidine rings is 1. The Kier molecular flexibility index (Phi) is 4.70. The number of primary amides is 1. The molecule has 2 aliphatic rings. The van der Waals surface area contributed by atoms with Gasteiger partial charge in [0, 0.05) is 19.1 Å². The lowest BCUT2D eigenvalue weighted by molar-refractivity contribution is -0.123. The van der Waals surface area contributed by atoms with Gasteiger partial charge in [0.25, 0.3) is 5.91 Å². The zero-order valence-corrected chi connectivity index (χ0v) is 13.9. The van der Waals surface area contributed by atoms with E-state index < -0.39 is 0 Å². The van der Waals surface area contributed by atoms with E-state index in [4.69, 9.17) is 17.3 Å². The van der Waals surface area contributed by atoms with E-state index in [2.05, 4.69) is 4.90 Å². The average Bonchev–Trinajstić information content (AvgIpc) is 3.15. The van der Waals surface area contributed by atoms with Gasteiger partial charge in [-0.25, -0.2) is 0 Å². The summed E-state index contributed by atoms with van der Waals surface area (Å²) in [5.41, 5.74) is 5.49. The van der Waals surface area contributed by atoms with Crippen LogP contribution in [0, 0.1) is 0 Å². The van der Waals surface area contributed by atoms with Crippen molar-refractivity contribution in [1.29, 1.82) is 0 Å². The predicted molar refractivity (Wildman–Crippen MR) is 87.2 cm³/mol. The third kappa shape index (κ3) is 3.14. The molecule has 2 N–H and O–H groups in total. The minimum absolute atomic E-state index is 0.0585. The van der Waals surface area contributed by atoms with E-state index >= 15 is 0 Å². The number of rotatable bonds is 3. The lowest BCUT2D eigenvalue weighted by Gasteiger charge is -2.38. The standard InChI is InChI=1S/C15H20ClN3O2S/c16-13-4-3-12(22-13)15(21)18-8-5-10(6-9-18)19-7-1-2-11(19)14(17)20/h3-4,10-11H,1-2,5-9H2,(H2,17,20). The van der Waals surface area contributed by atoms with E-state index in [0.717, 1.165) is 45.3 Å². The Morgan fingerprint density at radius 2 is 1.91 bits per heavy atom. The highest BCUT2D eigenvalue weighted by Crippen LogP contribution is 2.28. The molecule has 3 heterocycles. The fourth-order valence-corrected chi connectivity index (χ4v) is 4.53. The van der Waals surface area contributed by atoms with Crippen LogP contribution in [0.25, 0.3) is 0 Å². The van der Waals surface area contributed by atoms with E-state index in [9.17, 15) is 9.59 Å². The van der Waals surface area contributed by atoms with Crippen molar-refractivity contribution in [3.8, 4) is 0 Å². The van der Waals surface area contributed by atoms with E-state index in [0.29, 0.717) is 15.3 Å². The molecule has 2 fully saturated rings. The van der Waals surface area contributed by atoms with Gasteiger partial charge in [0.1, 0.15) is 0 Å². The number of nitrogens with two attached hydrogens (primary N) is 1. The van der Waals surface area contributed by atoms with Crippen LogP contribution in [0.4, 0.5) is 0 Å². The normalized spacial score (nSPS) is 23.9. The maximum Gasteiger partial charge on any atom is 0.263 e. The monoisotopic (exact) mass is 341 g/mol. The van der Waals surface area contributed by atoms with Crippen molar-refractivity contribution in [3.05, 3.63) is 21.3 Å². The molecule has 0 spiro atoms. The summed E-state index contributed by atoms with van der Waals surface area (Å²) in [5, 5.41) is 0. The molecule has 120 valence electrons. The number of carbonyl (C=O) groups is 2. The second-order valence-corrected chi connectivity index (χ2v) is 7.64. The molecule has 0 aliphatic carbocycles. The van der Waals surface area contributed by atoms with Gasteiger partial charge in [-0.1, -0.05) is 11.6 Å². The van der Waals surface area contributed by atoms with Crippen LogP contribution >= 0.6 is 22.9 Å². The molecule has 0 saturated carbocycles. The van der Waals surface area contributed by atoms with Crippen molar-refractivity contribution >= 4 is 34.8 Å². The Hall–Kier alpha value is -1.11. The lowest BCUT2D eigenvalue weighted by atomic mass is 10.0. The number of carbonyl (C=O) groups excluding carboxylic acids is 2. The molecule has 1 aromatic rings. The summed E-state index contributed by atoms with van der Waals surface area (Å²) < 4.78 is 0.639. The van der Waals surface area contributed by atoms with Gasteiger partial charge in [-0.15, -0.1) is 11.3 Å². The zero-order valence-electron chi connectivity index (χ0n) is 12.3. The van der Waals surface area contributed by atoms with Crippen LogP contribution in [-0.2, 0) is 4.79 Å². The molecule has 5 nitrogen and oxygen atoms in total. The van der Waals surface area contributed by atoms with Crippen LogP contribution in [0.2, 0.25) is 4.34 Å². The van der Waals surface area contributed by atoms with Crippen LogP contribution in [0.15, 0.2) is 12.1 Å².